The van der Waals surface area contributed by atoms with E-state index in [-0.39, 0.29) is 0 Å². The molecule has 1 aliphatic rings. The summed E-state index contributed by atoms with van der Waals surface area (Å²) in [5.41, 5.74) is 3.20. The number of carbonyl (C=O) groups excluding carboxylic acids is 2. The zero-order chi connectivity index (χ0) is 19.2. The van der Waals surface area contributed by atoms with Gasteiger partial charge in [-0.3, -0.25) is 9.59 Å². The third-order valence-corrected chi connectivity index (χ3v) is 4.73. The van der Waals surface area contributed by atoms with Crippen LogP contribution < -0.4 is 15.0 Å². The second-order valence-electron chi connectivity index (χ2n) is 6.65. The Labute approximate surface area is 159 Å². The van der Waals surface area contributed by atoms with Gasteiger partial charge < -0.3 is 19.9 Å². The molecule has 27 heavy (non-hydrogen) atoms. The van der Waals surface area contributed by atoms with Crippen LogP contribution in [-0.2, 0) is 16.1 Å². The molecular formula is C21H25N3O3. The Balaban J connectivity index is 1.49. The summed E-state index contributed by atoms with van der Waals surface area (Å²) in [4.78, 5) is 28.4. The molecule has 1 heterocycles. The van der Waals surface area contributed by atoms with Crippen LogP contribution in [0.4, 0.5) is 5.69 Å². The molecule has 1 N–H and O–H groups in total. The second-order valence-corrected chi connectivity index (χ2v) is 6.65. The fourth-order valence-corrected chi connectivity index (χ4v) is 3.18. The van der Waals surface area contributed by atoms with Crippen molar-refractivity contribution in [2.24, 2.45) is 0 Å². The lowest BCUT2D eigenvalue weighted by molar-refractivity contribution is -0.146. The van der Waals surface area contributed by atoms with Crippen molar-refractivity contribution in [2.75, 3.05) is 38.2 Å². The zero-order valence-corrected chi connectivity index (χ0v) is 15.8. The normalized spacial score (nSPS) is 14.0. The highest BCUT2D eigenvalue weighted by Crippen LogP contribution is 2.20. The molecule has 1 fully saturated rings. The standard InChI is InChI=1S/C21H25N3O3/c1-16-4-3-5-17(14-16)15-22-20(25)21(26)24-12-10-23(11-13-24)18-6-8-19(27-2)9-7-18/h3-9,14H,10-13,15H2,1-2H3,(H,22,25). The Morgan fingerprint density at radius 2 is 1.74 bits per heavy atom. The number of nitrogens with zero attached hydrogens (tertiary/aromatic N) is 2. The summed E-state index contributed by atoms with van der Waals surface area (Å²) in [7, 11) is 1.64. The summed E-state index contributed by atoms with van der Waals surface area (Å²) in [5.74, 6) is -0.190. The fourth-order valence-electron chi connectivity index (χ4n) is 3.18. The Bertz CT molecular complexity index is 797. The molecule has 0 atom stereocenters. The molecule has 1 saturated heterocycles. The van der Waals surface area contributed by atoms with Crippen LogP contribution in [0.3, 0.4) is 0 Å². The molecule has 0 radical (unpaired) electrons. The number of ether oxygens (including phenoxy) is 1. The zero-order valence-electron chi connectivity index (χ0n) is 15.8. The van der Waals surface area contributed by atoms with Gasteiger partial charge in [-0.05, 0) is 36.8 Å². The van der Waals surface area contributed by atoms with Crippen molar-refractivity contribution in [1.82, 2.24) is 10.2 Å². The van der Waals surface area contributed by atoms with E-state index in [2.05, 4.69) is 10.2 Å². The molecule has 2 amide bonds. The highest BCUT2D eigenvalue weighted by Gasteiger charge is 2.25. The topological polar surface area (TPSA) is 61.9 Å². The average Bonchev–Trinajstić information content (AvgIpc) is 2.72. The van der Waals surface area contributed by atoms with E-state index in [1.165, 1.54) is 0 Å². The van der Waals surface area contributed by atoms with Crippen LogP contribution in [0.15, 0.2) is 48.5 Å². The minimum absolute atomic E-state index is 0.359. The van der Waals surface area contributed by atoms with Crippen molar-refractivity contribution in [3.8, 4) is 5.75 Å². The molecule has 0 aromatic heterocycles. The lowest BCUT2D eigenvalue weighted by atomic mass is 10.1. The van der Waals surface area contributed by atoms with Crippen LogP contribution in [0.25, 0.3) is 0 Å². The van der Waals surface area contributed by atoms with Crippen LogP contribution in [0.5, 0.6) is 5.75 Å². The van der Waals surface area contributed by atoms with Gasteiger partial charge in [0.2, 0.25) is 0 Å². The number of amides is 2. The molecular weight excluding hydrogens is 342 g/mol. The average molecular weight is 367 g/mol. The number of carbonyl (C=O) groups is 2. The Kier molecular flexibility index (Phi) is 5.96. The lowest BCUT2D eigenvalue weighted by Crippen LogP contribution is -2.52. The van der Waals surface area contributed by atoms with Crippen molar-refractivity contribution in [2.45, 2.75) is 13.5 Å². The fraction of sp³-hybridized carbons (Fsp3) is 0.333. The minimum atomic E-state index is -0.547. The highest BCUT2D eigenvalue weighted by atomic mass is 16.5. The van der Waals surface area contributed by atoms with Crippen LogP contribution in [0, 0.1) is 6.92 Å². The van der Waals surface area contributed by atoms with Crippen molar-refractivity contribution >= 4 is 17.5 Å². The van der Waals surface area contributed by atoms with Crippen molar-refractivity contribution < 1.29 is 14.3 Å². The van der Waals surface area contributed by atoms with Gasteiger partial charge in [0.15, 0.2) is 0 Å². The molecule has 1 aliphatic heterocycles. The first-order valence-corrected chi connectivity index (χ1v) is 9.08. The van der Waals surface area contributed by atoms with E-state index in [1.807, 2.05) is 55.5 Å². The van der Waals surface area contributed by atoms with Crippen molar-refractivity contribution in [1.29, 1.82) is 0 Å². The van der Waals surface area contributed by atoms with E-state index < -0.39 is 11.8 Å². The monoisotopic (exact) mass is 367 g/mol. The van der Waals surface area contributed by atoms with Crippen LogP contribution >= 0.6 is 0 Å². The van der Waals surface area contributed by atoms with E-state index in [0.29, 0.717) is 32.7 Å². The van der Waals surface area contributed by atoms with Gasteiger partial charge in [0.1, 0.15) is 5.75 Å². The van der Waals surface area contributed by atoms with Gasteiger partial charge >= 0.3 is 11.8 Å². The lowest BCUT2D eigenvalue weighted by Gasteiger charge is -2.35. The molecule has 0 spiro atoms. The van der Waals surface area contributed by atoms with Crippen LogP contribution in [0.2, 0.25) is 0 Å². The van der Waals surface area contributed by atoms with Crippen molar-refractivity contribution in [3.05, 3.63) is 59.7 Å². The molecule has 3 rings (SSSR count). The van der Waals surface area contributed by atoms with Gasteiger partial charge in [0.25, 0.3) is 0 Å². The van der Waals surface area contributed by atoms with Gasteiger partial charge in [-0.25, -0.2) is 0 Å². The number of benzene rings is 2. The summed E-state index contributed by atoms with van der Waals surface area (Å²) < 4.78 is 5.18. The van der Waals surface area contributed by atoms with Gasteiger partial charge in [-0.15, -0.1) is 0 Å². The van der Waals surface area contributed by atoms with E-state index in [1.54, 1.807) is 12.0 Å². The number of hydrogen-bond donors (Lipinski definition) is 1. The summed E-state index contributed by atoms with van der Waals surface area (Å²) >= 11 is 0. The van der Waals surface area contributed by atoms with E-state index in [0.717, 1.165) is 22.6 Å². The predicted octanol–water partition coefficient (Wildman–Crippen LogP) is 1.97. The number of piperazine rings is 1. The minimum Gasteiger partial charge on any atom is -0.497 e. The van der Waals surface area contributed by atoms with Gasteiger partial charge in [-0.2, -0.15) is 0 Å². The summed E-state index contributed by atoms with van der Waals surface area (Å²) in [6.45, 7) is 4.81. The maximum absolute atomic E-state index is 12.4. The Morgan fingerprint density at radius 1 is 1.04 bits per heavy atom. The summed E-state index contributed by atoms with van der Waals surface area (Å²) in [6.07, 6.45) is 0. The van der Waals surface area contributed by atoms with Gasteiger partial charge in [0, 0.05) is 38.4 Å². The van der Waals surface area contributed by atoms with Gasteiger partial charge in [-0.1, -0.05) is 29.8 Å². The summed E-state index contributed by atoms with van der Waals surface area (Å²) in [6, 6.07) is 15.7. The smallest absolute Gasteiger partial charge is 0.312 e. The maximum atomic E-state index is 12.4. The third kappa shape index (κ3) is 4.78. The van der Waals surface area contributed by atoms with E-state index >= 15 is 0 Å². The third-order valence-electron chi connectivity index (χ3n) is 4.73. The maximum Gasteiger partial charge on any atom is 0.312 e. The predicted molar refractivity (Wildman–Crippen MR) is 105 cm³/mol. The van der Waals surface area contributed by atoms with Crippen LogP contribution in [0.1, 0.15) is 11.1 Å². The molecule has 2 aromatic carbocycles. The number of aryl methyl sites for hydroxylation is 1. The largest absolute Gasteiger partial charge is 0.497 e. The van der Waals surface area contributed by atoms with Gasteiger partial charge in [0.05, 0.1) is 7.11 Å². The molecule has 0 bridgehead atoms. The number of nitrogens with one attached hydrogen (secondary N) is 1. The Morgan fingerprint density at radius 3 is 2.37 bits per heavy atom. The quantitative estimate of drug-likeness (QED) is 0.840. The number of methoxy groups -OCH3 is 1. The molecule has 0 unspecified atom stereocenters. The van der Waals surface area contributed by atoms with E-state index in [9.17, 15) is 9.59 Å². The van der Waals surface area contributed by atoms with Crippen LogP contribution in [-0.4, -0.2) is 50.0 Å². The molecule has 6 nitrogen and oxygen atoms in total. The number of anilines is 1. The first-order valence-electron chi connectivity index (χ1n) is 9.08. The summed E-state index contributed by atoms with van der Waals surface area (Å²) in [5, 5.41) is 2.72. The number of rotatable bonds is 4. The second kappa shape index (κ2) is 8.58. The molecule has 0 aliphatic carbocycles. The van der Waals surface area contributed by atoms with Crippen molar-refractivity contribution in [3.63, 3.8) is 0 Å². The first-order chi connectivity index (χ1) is 13.1. The molecule has 142 valence electrons. The number of hydrogen-bond acceptors (Lipinski definition) is 4. The SMILES string of the molecule is COc1ccc(N2CCN(C(=O)C(=O)NCc3cccc(C)c3)CC2)cc1. The van der Waals surface area contributed by atoms with E-state index in [4.69, 9.17) is 4.74 Å². The first kappa shape index (κ1) is 18.8. The highest BCUT2D eigenvalue weighted by molar-refractivity contribution is 6.35. The molecule has 6 heteroatoms. The molecule has 0 saturated carbocycles. The Hall–Kier alpha value is -3.02. The molecule has 2 aromatic rings.